The Morgan fingerprint density at radius 2 is 2.00 bits per heavy atom. The summed E-state index contributed by atoms with van der Waals surface area (Å²) in [5, 5.41) is 0. The standard InChI is InChI=1S/C13H19NO2S/c1-11(2)12-6-5-7-13(10-12)14-8-3-4-9-17(14,15)16/h5-7,10-11H,3-4,8-9H2,1-2H3. The van der Waals surface area contributed by atoms with Gasteiger partial charge in [-0.25, -0.2) is 8.42 Å². The summed E-state index contributed by atoms with van der Waals surface area (Å²) in [4.78, 5) is 0. The topological polar surface area (TPSA) is 37.4 Å². The summed E-state index contributed by atoms with van der Waals surface area (Å²) in [7, 11) is -3.09. The average molecular weight is 253 g/mol. The van der Waals surface area contributed by atoms with Gasteiger partial charge in [-0.1, -0.05) is 26.0 Å². The highest BCUT2D eigenvalue weighted by atomic mass is 32.2. The monoisotopic (exact) mass is 253 g/mol. The van der Waals surface area contributed by atoms with E-state index in [0.29, 0.717) is 12.5 Å². The fourth-order valence-electron chi connectivity index (χ4n) is 2.12. The summed E-state index contributed by atoms with van der Waals surface area (Å²) in [6.07, 6.45) is 1.73. The molecule has 0 N–H and O–H groups in total. The van der Waals surface area contributed by atoms with Crippen molar-refractivity contribution in [1.29, 1.82) is 0 Å². The molecule has 1 aromatic rings. The number of rotatable bonds is 2. The molecule has 3 nitrogen and oxygen atoms in total. The summed E-state index contributed by atoms with van der Waals surface area (Å²) in [6.45, 7) is 4.84. The van der Waals surface area contributed by atoms with E-state index in [0.717, 1.165) is 18.5 Å². The summed E-state index contributed by atoms with van der Waals surface area (Å²) >= 11 is 0. The van der Waals surface area contributed by atoms with Gasteiger partial charge in [0.05, 0.1) is 11.4 Å². The number of hydrogen-bond acceptors (Lipinski definition) is 2. The Kier molecular flexibility index (Phi) is 3.43. The SMILES string of the molecule is CC(C)c1cccc(N2CCCCS2(=O)=O)c1. The van der Waals surface area contributed by atoms with E-state index in [1.54, 1.807) is 4.31 Å². The molecule has 0 atom stereocenters. The first-order valence-electron chi connectivity index (χ1n) is 6.11. The zero-order chi connectivity index (χ0) is 12.5. The lowest BCUT2D eigenvalue weighted by Gasteiger charge is -2.28. The second-order valence-electron chi connectivity index (χ2n) is 4.84. The second-order valence-corrected chi connectivity index (χ2v) is 6.86. The van der Waals surface area contributed by atoms with Crippen molar-refractivity contribution in [2.75, 3.05) is 16.6 Å². The lowest BCUT2D eigenvalue weighted by Crippen LogP contribution is -2.37. The first-order chi connectivity index (χ1) is 8.00. The Balaban J connectivity index is 2.36. The number of sulfonamides is 1. The number of benzene rings is 1. The lowest BCUT2D eigenvalue weighted by molar-refractivity contribution is 0.574. The van der Waals surface area contributed by atoms with Crippen LogP contribution >= 0.6 is 0 Å². The van der Waals surface area contributed by atoms with Gasteiger partial charge in [0.25, 0.3) is 0 Å². The second kappa shape index (κ2) is 4.69. The van der Waals surface area contributed by atoms with Crippen LogP contribution in [0.5, 0.6) is 0 Å². The van der Waals surface area contributed by atoms with Gasteiger partial charge in [-0.3, -0.25) is 4.31 Å². The largest absolute Gasteiger partial charge is 0.270 e. The van der Waals surface area contributed by atoms with Crippen molar-refractivity contribution in [2.45, 2.75) is 32.6 Å². The van der Waals surface area contributed by atoms with E-state index in [1.807, 2.05) is 24.3 Å². The van der Waals surface area contributed by atoms with E-state index in [-0.39, 0.29) is 5.75 Å². The Labute approximate surface area is 104 Å². The van der Waals surface area contributed by atoms with E-state index in [9.17, 15) is 8.42 Å². The molecule has 1 aromatic carbocycles. The van der Waals surface area contributed by atoms with Crippen LogP contribution in [-0.2, 0) is 10.0 Å². The Bertz CT molecular complexity index is 494. The van der Waals surface area contributed by atoms with Gasteiger partial charge in [0.15, 0.2) is 0 Å². The first kappa shape index (κ1) is 12.4. The van der Waals surface area contributed by atoms with E-state index in [1.165, 1.54) is 5.56 Å². The van der Waals surface area contributed by atoms with Crippen LogP contribution in [0.2, 0.25) is 0 Å². The average Bonchev–Trinajstić information content (AvgIpc) is 2.28. The predicted molar refractivity (Wildman–Crippen MR) is 70.9 cm³/mol. The first-order valence-corrected chi connectivity index (χ1v) is 7.72. The molecule has 1 heterocycles. The molecule has 1 fully saturated rings. The van der Waals surface area contributed by atoms with Crippen LogP contribution in [0.15, 0.2) is 24.3 Å². The Morgan fingerprint density at radius 1 is 1.24 bits per heavy atom. The van der Waals surface area contributed by atoms with Crippen molar-refractivity contribution in [1.82, 2.24) is 0 Å². The number of anilines is 1. The van der Waals surface area contributed by atoms with E-state index >= 15 is 0 Å². The smallest absolute Gasteiger partial charge is 0.235 e. The van der Waals surface area contributed by atoms with Crippen molar-refractivity contribution in [3.05, 3.63) is 29.8 Å². The van der Waals surface area contributed by atoms with Crippen molar-refractivity contribution >= 4 is 15.7 Å². The summed E-state index contributed by atoms with van der Waals surface area (Å²) < 4.78 is 25.5. The summed E-state index contributed by atoms with van der Waals surface area (Å²) in [5.41, 5.74) is 2.00. The molecule has 0 radical (unpaired) electrons. The van der Waals surface area contributed by atoms with Crippen LogP contribution in [0, 0.1) is 0 Å². The van der Waals surface area contributed by atoms with E-state index in [2.05, 4.69) is 13.8 Å². The third-order valence-corrected chi connectivity index (χ3v) is 5.04. The van der Waals surface area contributed by atoms with Crippen molar-refractivity contribution < 1.29 is 8.42 Å². The molecule has 94 valence electrons. The number of hydrogen-bond donors (Lipinski definition) is 0. The molecule has 1 saturated heterocycles. The molecule has 17 heavy (non-hydrogen) atoms. The minimum Gasteiger partial charge on any atom is -0.270 e. The Hall–Kier alpha value is -1.03. The van der Waals surface area contributed by atoms with Crippen LogP contribution in [0.3, 0.4) is 0 Å². The minimum atomic E-state index is -3.09. The molecule has 1 aliphatic heterocycles. The fraction of sp³-hybridized carbons (Fsp3) is 0.538. The minimum absolute atomic E-state index is 0.277. The van der Waals surface area contributed by atoms with Crippen LogP contribution in [-0.4, -0.2) is 20.7 Å². The van der Waals surface area contributed by atoms with Gasteiger partial charge in [0.2, 0.25) is 10.0 Å². The van der Waals surface area contributed by atoms with Gasteiger partial charge in [-0.2, -0.15) is 0 Å². The Morgan fingerprint density at radius 3 is 2.65 bits per heavy atom. The third kappa shape index (κ3) is 2.63. The van der Waals surface area contributed by atoms with Gasteiger partial charge in [-0.05, 0) is 36.5 Å². The molecule has 1 aliphatic rings. The van der Waals surface area contributed by atoms with Gasteiger partial charge < -0.3 is 0 Å². The quantitative estimate of drug-likeness (QED) is 0.812. The van der Waals surface area contributed by atoms with Crippen LogP contribution in [0.25, 0.3) is 0 Å². The van der Waals surface area contributed by atoms with Crippen molar-refractivity contribution in [2.24, 2.45) is 0 Å². The molecule has 0 bridgehead atoms. The maximum absolute atomic E-state index is 12.0. The molecule has 0 saturated carbocycles. The lowest BCUT2D eigenvalue weighted by atomic mass is 10.0. The van der Waals surface area contributed by atoms with Crippen LogP contribution < -0.4 is 4.31 Å². The van der Waals surface area contributed by atoms with Gasteiger partial charge in [0, 0.05) is 6.54 Å². The highest BCUT2D eigenvalue weighted by molar-refractivity contribution is 7.92. The van der Waals surface area contributed by atoms with E-state index < -0.39 is 10.0 Å². The molecule has 4 heteroatoms. The van der Waals surface area contributed by atoms with Crippen LogP contribution in [0.4, 0.5) is 5.69 Å². The van der Waals surface area contributed by atoms with Crippen molar-refractivity contribution in [3.63, 3.8) is 0 Å². The van der Waals surface area contributed by atoms with Crippen LogP contribution in [0.1, 0.15) is 38.2 Å². The molecular formula is C13H19NO2S. The summed E-state index contributed by atoms with van der Waals surface area (Å²) in [5.74, 6) is 0.696. The molecule has 0 unspecified atom stereocenters. The van der Waals surface area contributed by atoms with Gasteiger partial charge >= 0.3 is 0 Å². The highest BCUT2D eigenvalue weighted by Crippen LogP contribution is 2.26. The molecule has 0 amide bonds. The van der Waals surface area contributed by atoms with Gasteiger partial charge in [-0.15, -0.1) is 0 Å². The highest BCUT2D eigenvalue weighted by Gasteiger charge is 2.25. The predicted octanol–water partition coefficient (Wildman–Crippen LogP) is 2.74. The zero-order valence-electron chi connectivity index (χ0n) is 10.4. The normalized spacial score (nSPS) is 19.6. The fourth-order valence-corrected chi connectivity index (χ4v) is 3.75. The molecule has 0 aromatic heterocycles. The molecule has 2 rings (SSSR count). The van der Waals surface area contributed by atoms with Gasteiger partial charge in [0.1, 0.15) is 0 Å². The molecular weight excluding hydrogens is 234 g/mol. The van der Waals surface area contributed by atoms with Crippen molar-refractivity contribution in [3.8, 4) is 0 Å². The van der Waals surface area contributed by atoms with E-state index in [4.69, 9.17) is 0 Å². The maximum atomic E-state index is 12.0. The number of nitrogens with zero attached hydrogens (tertiary/aromatic N) is 1. The zero-order valence-corrected chi connectivity index (χ0v) is 11.2. The molecule has 0 aliphatic carbocycles. The third-order valence-electron chi connectivity index (χ3n) is 3.17. The maximum Gasteiger partial charge on any atom is 0.235 e. The molecule has 0 spiro atoms. The summed E-state index contributed by atoms with van der Waals surface area (Å²) in [6, 6.07) is 7.86.